The molecule has 0 aliphatic carbocycles. The Labute approximate surface area is 199 Å². The van der Waals surface area contributed by atoms with Crippen LogP contribution in [0.2, 0.25) is 5.02 Å². The van der Waals surface area contributed by atoms with Gasteiger partial charge in [-0.2, -0.15) is 5.10 Å². The highest BCUT2D eigenvalue weighted by Gasteiger charge is 2.23. The Bertz CT molecular complexity index is 1130. The maximum atomic E-state index is 12.9. The van der Waals surface area contributed by atoms with E-state index >= 15 is 0 Å². The van der Waals surface area contributed by atoms with Gasteiger partial charge in [-0.3, -0.25) is 4.79 Å². The lowest BCUT2D eigenvalue weighted by molar-refractivity contribution is -0.116. The lowest BCUT2D eigenvalue weighted by Gasteiger charge is -2.21. The van der Waals surface area contributed by atoms with Gasteiger partial charge in [-0.15, -0.1) is 0 Å². The molecule has 7 nitrogen and oxygen atoms in total. The minimum Gasteiger partial charge on any atom is -0.315 e. The van der Waals surface area contributed by atoms with Crippen LogP contribution < -0.4 is 10.6 Å². The molecule has 0 unspecified atom stereocenters. The Balaban J connectivity index is 1.77. The zero-order valence-electron chi connectivity index (χ0n) is 19.6. The van der Waals surface area contributed by atoms with Gasteiger partial charge in [0.25, 0.3) is 0 Å². The summed E-state index contributed by atoms with van der Waals surface area (Å²) in [5, 5.41) is 11.1. The molecular formula is C25H30ClN5O2. The van der Waals surface area contributed by atoms with Crippen molar-refractivity contribution in [2.24, 2.45) is 0 Å². The molecule has 2 aromatic carbocycles. The molecule has 0 bridgehead atoms. The van der Waals surface area contributed by atoms with Gasteiger partial charge in [-0.05, 0) is 55.8 Å². The third-order valence-corrected chi connectivity index (χ3v) is 5.34. The molecule has 174 valence electrons. The summed E-state index contributed by atoms with van der Waals surface area (Å²) in [7, 11) is 0. The van der Waals surface area contributed by atoms with Crippen molar-refractivity contribution in [2.45, 2.75) is 40.0 Å². The summed E-state index contributed by atoms with van der Waals surface area (Å²) < 4.78 is 1.68. The smallest absolute Gasteiger partial charge is 0.315 e. The van der Waals surface area contributed by atoms with Gasteiger partial charge in [-0.1, -0.05) is 44.5 Å². The van der Waals surface area contributed by atoms with Gasteiger partial charge in [0.1, 0.15) is 12.4 Å². The predicted molar refractivity (Wildman–Crippen MR) is 133 cm³/mol. The van der Waals surface area contributed by atoms with Gasteiger partial charge >= 0.3 is 6.03 Å². The summed E-state index contributed by atoms with van der Waals surface area (Å²) in [6.07, 6.45) is 0. The monoisotopic (exact) mass is 467 g/mol. The standard InChI is InChI=1S/C25H30ClN5O2/c1-6-30(24(33)27-19-9-7-8-17(2)14-19)16-23(32)28-22-15-21(25(3,4)5)29-31(22)20-12-10-18(26)11-13-20/h7-15H,6,16H2,1-5H3,(H,27,33)(H,28,32). The number of carbonyl (C=O) groups excluding carboxylic acids is 2. The van der Waals surface area contributed by atoms with Crippen molar-refractivity contribution < 1.29 is 9.59 Å². The van der Waals surface area contributed by atoms with Gasteiger partial charge in [0.05, 0.1) is 11.4 Å². The van der Waals surface area contributed by atoms with E-state index in [1.165, 1.54) is 4.90 Å². The van der Waals surface area contributed by atoms with Crippen LogP contribution in [0.25, 0.3) is 5.69 Å². The maximum Gasteiger partial charge on any atom is 0.322 e. The normalized spacial score (nSPS) is 11.2. The molecule has 0 fully saturated rings. The number of amides is 3. The van der Waals surface area contributed by atoms with Crippen molar-refractivity contribution in [1.29, 1.82) is 0 Å². The Morgan fingerprint density at radius 2 is 1.76 bits per heavy atom. The number of aryl methyl sites for hydroxylation is 1. The van der Waals surface area contributed by atoms with Gasteiger partial charge < -0.3 is 15.5 Å². The fraction of sp³-hybridized carbons (Fsp3) is 0.320. The van der Waals surface area contributed by atoms with Crippen LogP contribution in [0.5, 0.6) is 0 Å². The topological polar surface area (TPSA) is 79.3 Å². The number of urea groups is 1. The van der Waals surface area contributed by atoms with E-state index in [2.05, 4.69) is 31.4 Å². The van der Waals surface area contributed by atoms with Gasteiger partial charge in [0, 0.05) is 28.7 Å². The molecule has 1 aromatic heterocycles. The van der Waals surface area contributed by atoms with Crippen LogP contribution >= 0.6 is 11.6 Å². The summed E-state index contributed by atoms with van der Waals surface area (Å²) >= 11 is 6.03. The predicted octanol–water partition coefficient (Wildman–Crippen LogP) is 5.62. The summed E-state index contributed by atoms with van der Waals surface area (Å²) in [5.74, 6) is 0.217. The van der Waals surface area contributed by atoms with E-state index in [0.717, 1.165) is 16.9 Å². The summed E-state index contributed by atoms with van der Waals surface area (Å²) in [4.78, 5) is 27.0. The fourth-order valence-electron chi connectivity index (χ4n) is 3.22. The first kappa shape index (κ1) is 24.3. The van der Waals surface area contributed by atoms with Crippen molar-refractivity contribution >= 4 is 35.0 Å². The van der Waals surface area contributed by atoms with Crippen LogP contribution in [0, 0.1) is 6.92 Å². The number of rotatable bonds is 6. The second-order valence-corrected chi connectivity index (χ2v) is 9.35. The zero-order valence-corrected chi connectivity index (χ0v) is 20.4. The quantitative estimate of drug-likeness (QED) is 0.493. The van der Waals surface area contributed by atoms with E-state index in [1.54, 1.807) is 16.8 Å². The molecule has 0 aliphatic heterocycles. The van der Waals surface area contributed by atoms with Gasteiger partial charge in [-0.25, -0.2) is 9.48 Å². The largest absolute Gasteiger partial charge is 0.322 e. The molecule has 33 heavy (non-hydrogen) atoms. The van der Waals surface area contributed by atoms with Crippen LogP contribution in [-0.2, 0) is 10.2 Å². The van der Waals surface area contributed by atoms with Crippen LogP contribution in [0.1, 0.15) is 39.0 Å². The molecule has 3 rings (SSSR count). The van der Waals surface area contributed by atoms with E-state index in [4.69, 9.17) is 16.7 Å². The minimum atomic E-state index is -0.333. The van der Waals surface area contributed by atoms with E-state index in [-0.39, 0.29) is 23.9 Å². The molecule has 0 radical (unpaired) electrons. The number of aromatic nitrogens is 2. The van der Waals surface area contributed by atoms with E-state index in [0.29, 0.717) is 23.1 Å². The lowest BCUT2D eigenvalue weighted by Crippen LogP contribution is -2.40. The average molecular weight is 468 g/mol. The zero-order chi connectivity index (χ0) is 24.2. The van der Waals surface area contributed by atoms with Crippen molar-refractivity contribution in [1.82, 2.24) is 14.7 Å². The first-order valence-corrected chi connectivity index (χ1v) is 11.2. The maximum absolute atomic E-state index is 12.9. The lowest BCUT2D eigenvalue weighted by atomic mass is 9.92. The summed E-state index contributed by atoms with van der Waals surface area (Å²) in [5.41, 5.74) is 3.13. The fourth-order valence-corrected chi connectivity index (χ4v) is 3.35. The molecule has 1 heterocycles. The van der Waals surface area contributed by atoms with Crippen LogP contribution in [0.4, 0.5) is 16.3 Å². The number of carbonyl (C=O) groups is 2. The molecule has 0 saturated carbocycles. The number of benzene rings is 2. The number of halogens is 1. The van der Waals surface area contributed by atoms with Crippen LogP contribution in [-0.4, -0.2) is 39.7 Å². The molecule has 0 spiro atoms. The second-order valence-electron chi connectivity index (χ2n) is 8.92. The van der Waals surface area contributed by atoms with Gasteiger partial charge in [0.15, 0.2) is 0 Å². The highest BCUT2D eigenvalue weighted by atomic mass is 35.5. The first-order valence-electron chi connectivity index (χ1n) is 10.9. The second kappa shape index (κ2) is 10.1. The summed E-state index contributed by atoms with van der Waals surface area (Å²) in [6.45, 7) is 10.2. The number of hydrogen-bond acceptors (Lipinski definition) is 3. The Morgan fingerprint density at radius 1 is 1.06 bits per heavy atom. The number of nitrogens with one attached hydrogen (secondary N) is 2. The first-order chi connectivity index (χ1) is 15.6. The minimum absolute atomic E-state index is 0.0925. The van der Waals surface area contributed by atoms with E-state index in [1.807, 2.05) is 56.3 Å². The van der Waals surface area contributed by atoms with Crippen molar-refractivity contribution in [3.05, 3.63) is 70.9 Å². The summed E-state index contributed by atoms with van der Waals surface area (Å²) in [6, 6.07) is 16.3. The highest BCUT2D eigenvalue weighted by Crippen LogP contribution is 2.27. The Kier molecular flexibility index (Phi) is 7.43. The number of likely N-dealkylation sites (N-methyl/N-ethyl adjacent to an activating group) is 1. The average Bonchev–Trinajstić information content (AvgIpc) is 3.16. The van der Waals surface area contributed by atoms with Crippen LogP contribution in [0.15, 0.2) is 54.6 Å². The molecule has 2 N–H and O–H groups in total. The number of nitrogens with zero attached hydrogens (tertiary/aromatic N) is 3. The van der Waals surface area contributed by atoms with Crippen molar-refractivity contribution in [3.63, 3.8) is 0 Å². The number of anilines is 2. The Hall–Kier alpha value is -3.32. The van der Waals surface area contributed by atoms with Gasteiger partial charge in [0.2, 0.25) is 5.91 Å². The Morgan fingerprint density at radius 3 is 2.36 bits per heavy atom. The highest BCUT2D eigenvalue weighted by molar-refractivity contribution is 6.30. The number of hydrogen-bond donors (Lipinski definition) is 2. The molecule has 3 amide bonds. The molecule has 3 aromatic rings. The third kappa shape index (κ3) is 6.35. The molecular weight excluding hydrogens is 438 g/mol. The van der Waals surface area contributed by atoms with E-state index < -0.39 is 0 Å². The molecule has 0 aliphatic rings. The van der Waals surface area contributed by atoms with E-state index in [9.17, 15) is 9.59 Å². The third-order valence-electron chi connectivity index (χ3n) is 5.09. The molecule has 0 atom stereocenters. The van der Waals surface area contributed by atoms with Crippen molar-refractivity contribution in [2.75, 3.05) is 23.7 Å². The molecule has 8 heteroatoms. The van der Waals surface area contributed by atoms with Crippen LogP contribution in [0.3, 0.4) is 0 Å². The SMILES string of the molecule is CCN(CC(=O)Nc1cc(C(C)(C)C)nn1-c1ccc(Cl)cc1)C(=O)Nc1cccc(C)c1. The van der Waals surface area contributed by atoms with Crippen molar-refractivity contribution in [3.8, 4) is 5.69 Å². The molecule has 0 saturated heterocycles.